The van der Waals surface area contributed by atoms with E-state index in [9.17, 15) is 4.79 Å². The summed E-state index contributed by atoms with van der Waals surface area (Å²) < 4.78 is 10.6. The molecule has 2 rings (SSSR count). The molecule has 5 nitrogen and oxygen atoms in total. The first-order valence-electron chi connectivity index (χ1n) is 7.92. The lowest BCUT2D eigenvalue weighted by Gasteiger charge is -2.37. The van der Waals surface area contributed by atoms with E-state index in [4.69, 9.17) is 9.47 Å². The van der Waals surface area contributed by atoms with Crippen LogP contribution in [0, 0.1) is 0 Å². The van der Waals surface area contributed by atoms with Crippen molar-refractivity contribution < 1.29 is 14.3 Å². The molecule has 0 bridgehead atoms. The minimum absolute atomic E-state index is 0.0552. The molecule has 1 aromatic carbocycles. The molecule has 122 valence electrons. The van der Waals surface area contributed by atoms with Crippen LogP contribution in [0.15, 0.2) is 24.3 Å². The summed E-state index contributed by atoms with van der Waals surface area (Å²) in [6.45, 7) is 8.00. The maximum Gasteiger partial charge on any atom is 0.260 e. The summed E-state index contributed by atoms with van der Waals surface area (Å²) in [4.78, 5) is 16.5. The molecular weight excluding hydrogens is 280 g/mol. The summed E-state index contributed by atoms with van der Waals surface area (Å²) in [5.41, 5.74) is 0. The Morgan fingerprint density at radius 1 is 1.14 bits per heavy atom. The van der Waals surface area contributed by atoms with E-state index in [1.165, 1.54) is 0 Å². The van der Waals surface area contributed by atoms with Crippen molar-refractivity contribution in [3.63, 3.8) is 0 Å². The van der Waals surface area contributed by atoms with Gasteiger partial charge in [0.25, 0.3) is 5.91 Å². The van der Waals surface area contributed by atoms with Gasteiger partial charge in [-0.25, -0.2) is 0 Å². The van der Waals surface area contributed by atoms with Gasteiger partial charge in [0, 0.05) is 32.2 Å². The summed E-state index contributed by atoms with van der Waals surface area (Å²) in [6, 6.07) is 7.86. The molecule has 5 heteroatoms. The number of methoxy groups -OCH3 is 1. The van der Waals surface area contributed by atoms with E-state index < -0.39 is 0 Å². The van der Waals surface area contributed by atoms with Crippen molar-refractivity contribution in [3.8, 4) is 11.5 Å². The van der Waals surface area contributed by atoms with E-state index in [2.05, 4.69) is 18.7 Å². The van der Waals surface area contributed by atoms with Gasteiger partial charge in [-0.2, -0.15) is 0 Å². The molecule has 0 N–H and O–H groups in total. The molecule has 0 unspecified atom stereocenters. The lowest BCUT2D eigenvalue weighted by molar-refractivity contribution is -0.135. The molecule has 1 saturated heterocycles. The lowest BCUT2D eigenvalue weighted by atomic mass is 10.2. The molecule has 0 aliphatic carbocycles. The van der Waals surface area contributed by atoms with Crippen LogP contribution in [-0.4, -0.2) is 61.6 Å². The summed E-state index contributed by atoms with van der Waals surface area (Å²) in [7, 11) is 1.62. The van der Waals surface area contributed by atoms with E-state index in [-0.39, 0.29) is 12.5 Å². The number of carbonyl (C=O) groups is 1. The van der Waals surface area contributed by atoms with E-state index in [0.717, 1.165) is 38.3 Å². The molecule has 1 aliphatic rings. The molecule has 0 aromatic heterocycles. The minimum Gasteiger partial charge on any atom is -0.497 e. The highest BCUT2D eigenvalue weighted by atomic mass is 16.5. The van der Waals surface area contributed by atoms with E-state index >= 15 is 0 Å². The second-order valence-corrected chi connectivity index (χ2v) is 5.64. The van der Waals surface area contributed by atoms with Gasteiger partial charge >= 0.3 is 0 Å². The Hall–Kier alpha value is -1.75. The van der Waals surface area contributed by atoms with Gasteiger partial charge in [0.05, 0.1) is 7.11 Å². The smallest absolute Gasteiger partial charge is 0.260 e. The van der Waals surface area contributed by atoms with Gasteiger partial charge in [0.1, 0.15) is 11.5 Å². The topological polar surface area (TPSA) is 42.0 Å². The lowest BCUT2D eigenvalue weighted by Crippen LogP contribution is -2.52. The van der Waals surface area contributed by atoms with Crippen LogP contribution in [0.1, 0.15) is 20.3 Å². The zero-order chi connectivity index (χ0) is 15.9. The zero-order valence-corrected chi connectivity index (χ0v) is 13.7. The Bertz CT molecular complexity index is 467. The first kappa shape index (κ1) is 16.6. The van der Waals surface area contributed by atoms with Gasteiger partial charge < -0.3 is 14.4 Å². The number of carbonyl (C=O) groups excluding carboxylic acids is 1. The first-order chi connectivity index (χ1) is 10.6. The Morgan fingerprint density at radius 3 is 2.27 bits per heavy atom. The van der Waals surface area contributed by atoms with E-state index in [1.54, 1.807) is 7.11 Å². The normalized spacial score (nSPS) is 17.1. The third-order valence-electron chi connectivity index (χ3n) is 4.30. The molecule has 0 saturated carbocycles. The fourth-order valence-electron chi connectivity index (χ4n) is 2.58. The van der Waals surface area contributed by atoms with Crippen molar-refractivity contribution >= 4 is 5.91 Å². The summed E-state index contributed by atoms with van der Waals surface area (Å²) in [6.07, 6.45) is 1.15. The number of hydrogen-bond donors (Lipinski definition) is 0. The van der Waals surface area contributed by atoms with Crippen LogP contribution in [0.4, 0.5) is 0 Å². The van der Waals surface area contributed by atoms with Crippen LogP contribution >= 0.6 is 0 Å². The number of benzene rings is 1. The van der Waals surface area contributed by atoms with Crippen LogP contribution in [0.25, 0.3) is 0 Å². The molecule has 1 amide bonds. The van der Waals surface area contributed by atoms with Crippen LogP contribution < -0.4 is 9.47 Å². The number of ether oxygens (including phenoxy) is 2. The number of hydrogen-bond acceptors (Lipinski definition) is 4. The van der Waals surface area contributed by atoms with Crippen molar-refractivity contribution in [1.29, 1.82) is 0 Å². The number of piperazine rings is 1. The SMILES string of the molecule is CC[C@@H](C)N1CCN(C(=O)COc2ccc(OC)cc2)CC1. The third-order valence-corrected chi connectivity index (χ3v) is 4.30. The van der Waals surface area contributed by atoms with Gasteiger partial charge in [0.15, 0.2) is 6.61 Å². The summed E-state index contributed by atoms with van der Waals surface area (Å²) in [5.74, 6) is 1.52. The molecule has 22 heavy (non-hydrogen) atoms. The standard InChI is InChI=1S/C17H26N2O3/c1-4-14(2)18-9-11-19(12-10-18)17(20)13-22-16-7-5-15(21-3)6-8-16/h5-8,14H,4,9-13H2,1-3H3/t14-/m1/s1. The number of nitrogens with zero attached hydrogens (tertiary/aromatic N) is 2. The predicted molar refractivity (Wildman–Crippen MR) is 86.4 cm³/mol. The summed E-state index contributed by atoms with van der Waals surface area (Å²) >= 11 is 0. The van der Waals surface area contributed by atoms with E-state index in [0.29, 0.717) is 11.8 Å². The highest BCUT2D eigenvalue weighted by Crippen LogP contribution is 2.17. The molecule has 1 atom stereocenters. The fraction of sp³-hybridized carbons (Fsp3) is 0.588. The Kier molecular flexibility index (Phi) is 6.07. The molecule has 0 spiro atoms. The maximum atomic E-state index is 12.2. The Labute approximate surface area is 132 Å². The maximum absolute atomic E-state index is 12.2. The molecule has 1 aliphatic heterocycles. The van der Waals surface area contributed by atoms with Gasteiger partial charge in [-0.15, -0.1) is 0 Å². The van der Waals surface area contributed by atoms with Crippen LogP contribution in [-0.2, 0) is 4.79 Å². The second kappa shape index (κ2) is 8.03. The van der Waals surface area contributed by atoms with Gasteiger partial charge in [-0.05, 0) is 37.6 Å². The fourth-order valence-corrected chi connectivity index (χ4v) is 2.58. The Morgan fingerprint density at radius 2 is 1.73 bits per heavy atom. The van der Waals surface area contributed by atoms with Crippen molar-refractivity contribution in [3.05, 3.63) is 24.3 Å². The second-order valence-electron chi connectivity index (χ2n) is 5.64. The van der Waals surface area contributed by atoms with Gasteiger partial charge in [0.2, 0.25) is 0 Å². The molecular formula is C17H26N2O3. The molecule has 0 radical (unpaired) electrons. The Balaban J connectivity index is 1.76. The van der Waals surface area contributed by atoms with Crippen LogP contribution in [0.3, 0.4) is 0 Å². The molecule has 1 heterocycles. The zero-order valence-electron chi connectivity index (χ0n) is 13.7. The first-order valence-corrected chi connectivity index (χ1v) is 7.92. The predicted octanol–water partition coefficient (Wildman–Crippen LogP) is 2.02. The van der Waals surface area contributed by atoms with E-state index in [1.807, 2.05) is 29.2 Å². The molecule has 1 aromatic rings. The van der Waals surface area contributed by atoms with Crippen molar-refractivity contribution in [1.82, 2.24) is 9.80 Å². The van der Waals surface area contributed by atoms with Gasteiger partial charge in [-0.3, -0.25) is 9.69 Å². The van der Waals surface area contributed by atoms with Crippen LogP contribution in [0.2, 0.25) is 0 Å². The highest BCUT2D eigenvalue weighted by molar-refractivity contribution is 5.77. The average molecular weight is 306 g/mol. The largest absolute Gasteiger partial charge is 0.497 e. The quantitative estimate of drug-likeness (QED) is 0.806. The van der Waals surface area contributed by atoms with Crippen molar-refractivity contribution in [2.75, 3.05) is 39.9 Å². The monoisotopic (exact) mass is 306 g/mol. The average Bonchev–Trinajstić information content (AvgIpc) is 2.59. The molecule has 1 fully saturated rings. The summed E-state index contributed by atoms with van der Waals surface area (Å²) in [5, 5.41) is 0. The van der Waals surface area contributed by atoms with Crippen molar-refractivity contribution in [2.45, 2.75) is 26.3 Å². The van der Waals surface area contributed by atoms with Gasteiger partial charge in [-0.1, -0.05) is 6.92 Å². The highest BCUT2D eigenvalue weighted by Gasteiger charge is 2.23. The minimum atomic E-state index is 0.0552. The van der Waals surface area contributed by atoms with Crippen LogP contribution in [0.5, 0.6) is 11.5 Å². The number of amides is 1. The third kappa shape index (κ3) is 4.37. The van der Waals surface area contributed by atoms with Crippen molar-refractivity contribution in [2.24, 2.45) is 0 Å². The number of rotatable bonds is 6.